The summed E-state index contributed by atoms with van der Waals surface area (Å²) in [5.74, 6) is 0.746. The van der Waals surface area contributed by atoms with Crippen LogP contribution in [0.4, 0.5) is 4.79 Å². The number of urea groups is 1. The van der Waals surface area contributed by atoms with Crippen molar-refractivity contribution in [2.24, 2.45) is 5.92 Å². The van der Waals surface area contributed by atoms with Gasteiger partial charge in [0.25, 0.3) is 0 Å². The maximum atomic E-state index is 11.8. The highest BCUT2D eigenvalue weighted by Crippen LogP contribution is 2.15. The highest BCUT2D eigenvalue weighted by atomic mass is 16.3. The third-order valence-corrected chi connectivity index (χ3v) is 3.24. The number of carbonyl (C=O) groups is 1. The molecule has 2 amide bonds. The Morgan fingerprint density at radius 2 is 2.12 bits per heavy atom. The summed E-state index contributed by atoms with van der Waals surface area (Å²) in [6, 6.07) is 0.205. The Labute approximate surface area is 98.0 Å². The van der Waals surface area contributed by atoms with E-state index in [1.165, 1.54) is 0 Å². The standard InChI is InChI=1S/C12H24N2O2/c1-10-5-7-14(8-6-10)12(16)13-11(2)4-3-9-15/h10-11,15H,3-9H2,1-2H3,(H,13,16). The molecule has 1 saturated heterocycles. The van der Waals surface area contributed by atoms with E-state index in [9.17, 15) is 4.79 Å². The van der Waals surface area contributed by atoms with Crippen molar-refractivity contribution in [1.82, 2.24) is 10.2 Å². The van der Waals surface area contributed by atoms with Gasteiger partial charge < -0.3 is 15.3 Å². The van der Waals surface area contributed by atoms with Crippen molar-refractivity contribution in [1.29, 1.82) is 0 Å². The number of carbonyl (C=O) groups excluding carboxylic acids is 1. The molecule has 16 heavy (non-hydrogen) atoms. The number of aliphatic hydroxyl groups excluding tert-OH is 1. The Bertz CT molecular complexity index is 213. The van der Waals surface area contributed by atoms with E-state index in [0.717, 1.165) is 44.7 Å². The summed E-state index contributed by atoms with van der Waals surface area (Å²) >= 11 is 0. The fourth-order valence-corrected chi connectivity index (χ4v) is 1.98. The van der Waals surface area contributed by atoms with Gasteiger partial charge in [-0.15, -0.1) is 0 Å². The van der Waals surface area contributed by atoms with Crippen molar-refractivity contribution in [2.45, 2.75) is 45.6 Å². The lowest BCUT2D eigenvalue weighted by Gasteiger charge is -2.31. The molecular formula is C12H24N2O2. The third kappa shape index (κ3) is 4.39. The number of nitrogens with zero attached hydrogens (tertiary/aromatic N) is 1. The third-order valence-electron chi connectivity index (χ3n) is 3.24. The van der Waals surface area contributed by atoms with Gasteiger partial charge in [0.15, 0.2) is 0 Å². The molecule has 0 spiro atoms. The molecule has 4 heteroatoms. The molecule has 0 radical (unpaired) electrons. The second kappa shape index (κ2) is 6.74. The lowest BCUT2D eigenvalue weighted by atomic mass is 10.00. The largest absolute Gasteiger partial charge is 0.396 e. The SMILES string of the molecule is CC1CCN(C(=O)NC(C)CCCO)CC1. The van der Waals surface area contributed by atoms with Crippen LogP contribution in [0.15, 0.2) is 0 Å². The van der Waals surface area contributed by atoms with Crippen LogP contribution in [0.25, 0.3) is 0 Å². The average molecular weight is 228 g/mol. The lowest BCUT2D eigenvalue weighted by Crippen LogP contribution is -2.47. The molecule has 94 valence electrons. The topological polar surface area (TPSA) is 52.6 Å². The molecule has 0 bridgehead atoms. The molecule has 0 aromatic rings. The molecule has 1 rings (SSSR count). The Morgan fingerprint density at radius 3 is 2.69 bits per heavy atom. The molecule has 1 unspecified atom stereocenters. The van der Waals surface area contributed by atoms with Crippen LogP contribution in [0, 0.1) is 5.92 Å². The van der Waals surface area contributed by atoms with Crippen molar-refractivity contribution in [3.8, 4) is 0 Å². The predicted octanol–water partition coefficient (Wildman–Crippen LogP) is 1.59. The van der Waals surface area contributed by atoms with Gasteiger partial charge in [0.2, 0.25) is 0 Å². The average Bonchev–Trinajstić information content (AvgIpc) is 2.27. The summed E-state index contributed by atoms with van der Waals surface area (Å²) in [7, 11) is 0. The summed E-state index contributed by atoms with van der Waals surface area (Å²) in [5.41, 5.74) is 0. The number of hydrogen-bond acceptors (Lipinski definition) is 2. The van der Waals surface area contributed by atoms with Crippen molar-refractivity contribution in [3.63, 3.8) is 0 Å². The highest BCUT2D eigenvalue weighted by Gasteiger charge is 2.20. The van der Waals surface area contributed by atoms with Crippen molar-refractivity contribution in [3.05, 3.63) is 0 Å². The summed E-state index contributed by atoms with van der Waals surface area (Å²) < 4.78 is 0. The first-order valence-corrected chi connectivity index (χ1v) is 6.29. The molecule has 0 aromatic carbocycles. The van der Waals surface area contributed by atoms with E-state index < -0.39 is 0 Å². The van der Waals surface area contributed by atoms with E-state index in [4.69, 9.17) is 5.11 Å². The van der Waals surface area contributed by atoms with Crippen LogP contribution >= 0.6 is 0 Å². The summed E-state index contributed by atoms with van der Waals surface area (Å²) in [4.78, 5) is 13.7. The lowest BCUT2D eigenvalue weighted by molar-refractivity contribution is 0.170. The molecule has 2 N–H and O–H groups in total. The van der Waals surface area contributed by atoms with Crippen molar-refractivity contribution in [2.75, 3.05) is 19.7 Å². The molecule has 0 aromatic heterocycles. The zero-order chi connectivity index (χ0) is 12.0. The van der Waals surface area contributed by atoms with E-state index in [-0.39, 0.29) is 18.7 Å². The van der Waals surface area contributed by atoms with Gasteiger partial charge in [-0.1, -0.05) is 6.92 Å². The maximum absolute atomic E-state index is 11.8. The minimum Gasteiger partial charge on any atom is -0.396 e. The number of amides is 2. The predicted molar refractivity (Wildman–Crippen MR) is 64.3 cm³/mol. The fourth-order valence-electron chi connectivity index (χ4n) is 1.98. The monoisotopic (exact) mass is 228 g/mol. The van der Waals surface area contributed by atoms with Crippen molar-refractivity contribution >= 4 is 6.03 Å². The molecule has 0 saturated carbocycles. The molecule has 1 heterocycles. The molecule has 0 aliphatic carbocycles. The van der Waals surface area contributed by atoms with E-state index in [1.807, 2.05) is 11.8 Å². The Hall–Kier alpha value is -0.770. The van der Waals surface area contributed by atoms with Crippen LogP contribution in [0.2, 0.25) is 0 Å². The summed E-state index contributed by atoms with van der Waals surface area (Å²) in [6.07, 6.45) is 3.81. The highest BCUT2D eigenvalue weighted by molar-refractivity contribution is 5.74. The van der Waals surface area contributed by atoms with Gasteiger partial charge in [0.05, 0.1) is 0 Å². The van der Waals surface area contributed by atoms with Gasteiger partial charge in [-0.3, -0.25) is 0 Å². The molecular weight excluding hydrogens is 204 g/mol. The number of piperidine rings is 1. The van der Waals surface area contributed by atoms with Gasteiger partial charge in [0.1, 0.15) is 0 Å². The fraction of sp³-hybridized carbons (Fsp3) is 0.917. The first-order valence-electron chi connectivity index (χ1n) is 6.29. The Morgan fingerprint density at radius 1 is 1.50 bits per heavy atom. The van der Waals surface area contributed by atoms with Crippen LogP contribution in [0.3, 0.4) is 0 Å². The number of hydrogen-bond donors (Lipinski definition) is 2. The van der Waals surface area contributed by atoms with Crippen molar-refractivity contribution < 1.29 is 9.90 Å². The van der Waals surface area contributed by atoms with Crippen LogP contribution in [-0.4, -0.2) is 41.8 Å². The zero-order valence-corrected chi connectivity index (χ0v) is 10.4. The normalized spacial score (nSPS) is 19.6. The maximum Gasteiger partial charge on any atom is 0.317 e. The summed E-state index contributed by atoms with van der Waals surface area (Å²) in [5, 5.41) is 11.7. The van der Waals surface area contributed by atoms with E-state index in [0.29, 0.717) is 0 Å². The van der Waals surface area contributed by atoms with Crippen LogP contribution in [-0.2, 0) is 0 Å². The second-order valence-electron chi connectivity index (χ2n) is 4.89. The van der Waals surface area contributed by atoms with Crippen LogP contribution in [0.1, 0.15) is 39.5 Å². The van der Waals surface area contributed by atoms with Gasteiger partial charge >= 0.3 is 6.03 Å². The van der Waals surface area contributed by atoms with E-state index in [2.05, 4.69) is 12.2 Å². The number of aliphatic hydroxyl groups is 1. The zero-order valence-electron chi connectivity index (χ0n) is 10.4. The van der Waals surface area contributed by atoms with Crippen LogP contribution < -0.4 is 5.32 Å². The first-order chi connectivity index (χ1) is 7.63. The van der Waals surface area contributed by atoms with E-state index >= 15 is 0 Å². The molecule has 1 atom stereocenters. The van der Waals surface area contributed by atoms with Gasteiger partial charge in [-0.05, 0) is 38.5 Å². The summed E-state index contributed by atoms with van der Waals surface area (Å²) in [6.45, 7) is 6.17. The molecule has 4 nitrogen and oxygen atoms in total. The second-order valence-corrected chi connectivity index (χ2v) is 4.89. The van der Waals surface area contributed by atoms with E-state index in [1.54, 1.807) is 0 Å². The van der Waals surface area contributed by atoms with Gasteiger partial charge in [0, 0.05) is 25.7 Å². The molecule has 1 aliphatic heterocycles. The quantitative estimate of drug-likeness (QED) is 0.767. The minimum absolute atomic E-state index is 0.0531. The van der Waals surface area contributed by atoms with Gasteiger partial charge in [-0.2, -0.15) is 0 Å². The molecule has 1 aliphatic rings. The number of rotatable bonds is 4. The smallest absolute Gasteiger partial charge is 0.317 e. The first kappa shape index (κ1) is 13.3. The van der Waals surface area contributed by atoms with Gasteiger partial charge in [-0.25, -0.2) is 4.79 Å². The Kier molecular flexibility index (Phi) is 5.60. The Balaban J connectivity index is 2.23. The van der Waals surface area contributed by atoms with Crippen LogP contribution in [0.5, 0.6) is 0 Å². The number of nitrogens with one attached hydrogen (secondary N) is 1. The minimum atomic E-state index is 0.0531. The molecule has 1 fully saturated rings. The number of likely N-dealkylation sites (tertiary alicyclic amines) is 1.